The van der Waals surface area contributed by atoms with Crippen molar-refractivity contribution < 1.29 is 9.90 Å². The van der Waals surface area contributed by atoms with E-state index >= 15 is 0 Å². The fourth-order valence-corrected chi connectivity index (χ4v) is 4.48. The third-order valence-corrected chi connectivity index (χ3v) is 5.21. The van der Waals surface area contributed by atoms with Crippen LogP contribution < -0.4 is 0 Å². The standard InChI is InChI=1S/C13H22O2/c1-4-9-7-5-6-8-13(9)10(11(14)15)12(13,2)3/h9-10H,4-8H2,1-3H3,(H,14,15). The van der Waals surface area contributed by atoms with Gasteiger partial charge in [-0.15, -0.1) is 0 Å². The Labute approximate surface area is 92.1 Å². The molecule has 1 N–H and O–H groups in total. The summed E-state index contributed by atoms with van der Waals surface area (Å²) in [6, 6.07) is 0. The van der Waals surface area contributed by atoms with Gasteiger partial charge in [0.1, 0.15) is 0 Å². The van der Waals surface area contributed by atoms with E-state index in [2.05, 4.69) is 20.8 Å². The quantitative estimate of drug-likeness (QED) is 0.759. The summed E-state index contributed by atoms with van der Waals surface area (Å²) in [7, 11) is 0. The summed E-state index contributed by atoms with van der Waals surface area (Å²) < 4.78 is 0. The Hall–Kier alpha value is -0.530. The van der Waals surface area contributed by atoms with Crippen molar-refractivity contribution in [3.05, 3.63) is 0 Å². The predicted octanol–water partition coefficient (Wildman–Crippen LogP) is 3.31. The lowest BCUT2D eigenvalue weighted by Crippen LogP contribution is -2.26. The number of carboxylic acids is 1. The maximum absolute atomic E-state index is 11.3. The van der Waals surface area contributed by atoms with Gasteiger partial charge >= 0.3 is 5.97 Å². The molecule has 1 spiro atoms. The Bertz CT molecular complexity index is 282. The van der Waals surface area contributed by atoms with E-state index in [9.17, 15) is 9.90 Å². The highest BCUT2D eigenvalue weighted by molar-refractivity contribution is 5.77. The normalized spacial score (nSPS) is 42.9. The first-order valence-electron chi connectivity index (χ1n) is 6.21. The lowest BCUT2D eigenvalue weighted by atomic mass is 9.70. The first-order valence-corrected chi connectivity index (χ1v) is 6.21. The highest BCUT2D eigenvalue weighted by Gasteiger charge is 2.76. The number of rotatable bonds is 2. The summed E-state index contributed by atoms with van der Waals surface area (Å²) in [5.74, 6) is -0.0158. The first kappa shape index (κ1) is 11.0. The zero-order valence-corrected chi connectivity index (χ0v) is 10.0. The van der Waals surface area contributed by atoms with E-state index in [1.165, 1.54) is 19.3 Å². The predicted molar refractivity (Wildman–Crippen MR) is 59.6 cm³/mol. The van der Waals surface area contributed by atoms with Gasteiger partial charge in [0.25, 0.3) is 0 Å². The first-order chi connectivity index (χ1) is 6.98. The van der Waals surface area contributed by atoms with E-state index in [0.717, 1.165) is 12.8 Å². The van der Waals surface area contributed by atoms with Crippen molar-refractivity contribution in [2.75, 3.05) is 0 Å². The van der Waals surface area contributed by atoms with Crippen LogP contribution in [0.4, 0.5) is 0 Å². The molecule has 86 valence electrons. The number of carboxylic acid groups (broad SMARTS) is 1. The minimum absolute atomic E-state index is 0.0277. The molecule has 0 amide bonds. The van der Waals surface area contributed by atoms with Crippen LogP contribution in [0.2, 0.25) is 0 Å². The molecule has 0 aromatic carbocycles. The van der Waals surface area contributed by atoms with Gasteiger partial charge in [0, 0.05) is 0 Å². The second kappa shape index (κ2) is 3.23. The molecular formula is C13H22O2. The van der Waals surface area contributed by atoms with Crippen LogP contribution in [0.5, 0.6) is 0 Å². The van der Waals surface area contributed by atoms with E-state index in [0.29, 0.717) is 5.92 Å². The van der Waals surface area contributed by atoms with Crippen LogP contribution in [0.15, 0.2) is 0 Å². The van der Waals surface area contributed by atoms with Crippen molar-refractivity contribution in [2.45, 2.75) is 52.9 Å². The Balaban J connectivity index is 2.29. The van der Waals surface area contributed by atoms with Gasteiger partial charge in [0.15, 0.2) is 0 Å². The Morgan fingerprint density at radius 1 is 1.40 bits per heavy atom. The summed E-state index contributed by atoms with van der Waals surface area (Å²) in [5.41, 5.74) is 0.158. The number of hydrogen-bond acceptors (Lipinski definition) is 1. The van der Waals surface area contributed by atoms with E-state index < -0.39 is 5.97 Å². The van der Waals surface area contributed by atoms with Crippen LogP contribution in [0.3, 0.4) is 0 Å². The van der Waals surface area contributed by atoms with Gasteiger partial charge in [0.05, 0.1) is 5.92 Å². The molecule has 3 atom stereocenters. The molecule has 3 unspecified atom stereocenters. The van der Waals surface area contributed by atoms with Crippen LogP contribution in [0.1, 0.15) is 52.9 Å². The summed E-state index contributed by atoms with van der Waals surface area (Å²) >= 11 is 0. The molecule has 2 heteroatoms. The van der Waals surface area contributed by atoms with Gasteiger partial charge in [-0.05, 0) is 29.6 Å². The van der Waals surface area contributed by atoms with Crippen molar-refractivity contribution in [3.8, 4) is 0 Å². The average molecular weight is 210 g/mol. The summed E-state index contributed by atoms with van der Waals surface area (Å²) in [5, 5.41) is 9.32. The third-order valence-electron chi connectivity index (χ3n) is 5.21. The topological polar surface area (TPSA) is 37.3 Å². The zero-order valence-electron chi connectivity index (χ0n) is 10.0. The maximum Gasteiger partial charge on any atom is 0.307 e. The number of hydrogen-bond donors (Lipinski definition) is 1. The molecule has 2 nitrogen and oxygen atoms in total. The fourth-order valence-electron chi connectivity index (χ4n) is 4.48. The van der Waals surface area contributed by atoms with Crippen LogP contribution in [0.25, 0.3) is 0 Å². The molecule has 15 heavy (non-hydrogen) atoms. The molecule has 2 aliphatic rings. The number of aliphatic carboxylic acids is 1. The third kappa shape index (κ3) is 1.20. The monoisotopic (exact) mass is 210 g/mol. The van der Waals surface area contributed by atoms with E-state index in [-0.39, 0.29) is 16.7 Å². The molecule has 0 aliphatic heterocycles. The molecule has 2 aliphatic carbocycles. The highest BCUT2D eigenvalue weighted by atomic mass is 16.4. The Kier molecular flexibility index (Phi) is 2.36. The second-order valence-electron chi connectivity index (χ2n) is 5.88. The van der Waals surface area contributed by atoms with Gasteiger partial charge in [-0.2, -0.15) is 0 Å². The van der Waals surface area contributed by atoms with Gasteiger partial charge in [0.2, 0.25) is 0 Å². The maximum atomic E-state index is 11.3. The summed E-state index contributed by atoms with van der Waals surface area (Å²) in [6.07, 6.45) is 6.04. The van der Waals surface area contributed by atoms with Crippen molar-refractivity contribution in [1.29, 1.82) is 0 Å². The van der Waals surface area contributed by atoms with Crippen LogP contribution in [0, 0.1) is 22.7 Å². The van der Waals surface area contributed by atoms with Gasteiger partial charge in [-0.3, -0.25) is 4.79 Å². The van der Waals surface area contributed by atoms with Crippen molar-refractivity contribution >= 4 is 5.97 Å². The zero-order chi connectivity index (χ0) is 11.3. The van der Waals surface area contributed by atoms with Crippen LogP contribution in [-0.2, 0) is 4.79 Å². The lowest BCUT2D eigenvalue weighted by Gasteiger charge is -2.34. The molecule has 2 fully saturated rings. The summed E-state index contributed by atoms with van der Waals surface area (Å²) in [6.45, 7) is 6.52. The summed E-state index contributed by atoms with van der Waals surface area (Å²) in [4.78, 5) is 11.3. The average Bonchev–Trinajstić information content (AvgIpc) is 2.64. The minimum Gasteiger partial charge on any atom is -0.481 e. The van der Waals surface area contributed by atoms with E-state index in [1.54, 1.807) is 0 Å². The number of carbonyl (C=O) groups is 1. The molecule has 0 aromatic heterocycles. The largest absolute Gasteiger partial charge is 0.481 e. The molecular weight excluding hydrogens is 188 g/mol. The minimum atomic E-state index is -0.569. The Morgan fingerprint density at radius 2 is 2.07 bits per heavy atom. The SMILES string of the molecule is CCC1CCCCC12C(C(=O)O)C2(C)C. The molecule has 0 radical (unpaired) electrons. The fraction of sp³-hybridized carbons (Fsp3) is 0.923. The van der Waals surface area contributed by atoms with Crippen molar-refractivity contribution in [2.24, 2.45) is 22.7 Å². The van der Waals surface area contributed by atoms with Gasteiger partial charge in [-0.1, -0.05) is 40.0 Å². The second-order valence-corrected chi connectivity index (χ2v) is 5.88. The van der Waals surface area contributed by atoms with Gasteiger partial charge in [-0.25, -0.2) is 0 Å². The molecule has 2 rings (SSSR count). The van der Waals surface area contributed by atoms with E-state index in [4.69, 9.17) is 0 Å². The van der Waals surface area contributed by atoms with E-state index in [1.807, 2.05) is 0 Å². The molecule has 0 aromatic rings. The van der Waals surface area contributed by atoms with Gasteiger partial charge < -0.3 is 5.11 Å². The van der Waals surface area contributed by atoms with Crippen molar-refractivity contribution in [1.82, 2.24) is 0 Å². The highest BCUT2D eigenvalue weighted by Crippen LogP contribution is 2.77. The smallest absolute Gasteiger partial charge is 0.307 e. The molecule has 0 bridgehead atoms. The lowest BCUT2D eigenvalue weighted by molar-refractivity contribution is -0.140. The molecule has 2 saturated carbocycles. The Morgan fingerprint density at radius 3 is 2.53 bits per heavy atom. The molecule has 0 heterocycles. The van der Waals surface area contributed by atoms with Crippen molar-refractivity contribution in [3.63, 3.8) is 0 Å². The molecule has 0 saturated heterocycles. The van der Waals surface area contributed by atoms with Crippen LogP contribution in [-0.4, -0.2) is 11.1 Å². The van der Waals surface area contributed by atoms with Crippen LogP contribution >= 0.6 is 0 Å².